The predicted octanol–water partition coefficient (Wildman–Crippen LogP) is 2.30. The van der Waals surface area contributed by atoms with E-state index in [1.165, 1.54) is 11.3 Å². The third-order valence-corrected chi connectivity index (χ3v) is 3.56. The molecule has 0 spiro atoms. The summed E-state index contributed by atoms with van der Waals surface area (Å²) in [5.74, 6) is 0. The smallest absolute Gasteiger partial charge is 0.307 e. The van der Waals surface area contributed by atoms with E-state index in [1.54, 1.807) is 16.1 Å². The van der Waals surface area contributed by atoms with Crippen molar-refractivity contribution >= 4 is 33.0 Å². The van der Waals surface area contributed by atoms with Crippen molar-refractivity contribution in [2.45, 2.75) is 6.54 Å². The van der Waals surface area contributed by atoms with Gasteiger partial charge >= 0.3 is 4.87 Å². The predicted molar refractivity (Wildman–Crippen MR) is 66.2 cm³/mol. The van der Waals surface area contributed by atoms with Crippen molar-refractivity contribution < 1.29 is 0 Å². The van der Waals surface area contributed by atoms with Gasteiger partial charge in [-0.05, 0) is 12.1 Å². The maximum Gasteiger partial charge on any atom is 0.307 e. The average Bonchev–Trinajstić information content (AvgIpc) is 2.58. The normalized spacial score (nSPS) is 10.5. The number of hydrogen-bond donors (Lipinski definition) is 1. The van der Waals surface area contributed by atoms with Crippen LogP contribution in [0.15, 0.2) is 39.0 Å². The quantitative estimate of drug-likeness (QED) is 0.861. The molecule has 0 aliphatic rings. The van der Waals surface area contributed by atoms with Crippen molar-refractivity contribution in [3.05, 3.63) is 49.5 Å². The fourth-order valence-corrected chi connectivity index (χ4v) is 2.41. The summed E-state index contributed by atoms with van der Waals surface area (Å²) in [6.45, 7) is 0.510. The van der Waals surface area contributed by atoms with Gasteiger partial charge in [0.1, 0.15) is 0 Å². The van der Waals surface area contributed by atoms with Crippen LogP contribution in [0.1, 0.15) is 5.56 Å². The molecule has 0 aliphatic carbocycles. The highest BCUT2D eigenvalue weighted by molar-refractivity contribution is 9.10. The van der Waals surface area contributed by atoms with Crippen LogP contribution in [0.2, 0.25) is 0 Å². The molecule has 0 bridgehead atoms. The van der Waals surface area contributed by atoms with Gasteiger partial charge in [0.05, 0.1) is 6.54 Å². The average molecular weight is 285 g/mol. The topological polar surface area (TPSA) is 48.0 Å². The highest BCUT2D eigenvalue weighted by atomic mass is 79.9. The Bertz CT molecular complexity index is 512. The van der Waals surface area contributed by atoms with Gasteiger partial charge < -0.3 is 10.3 Å². The zero-order valence-corrected chi connectivity index (χ0v) is 10.2. The number of anilines is 1. The van der Waals surface area contributed by atoms with Crippen molar-refractivity contribution in [3.8, 4) is 0 Å². The van der Waals surface area contributed by atoms with Crippen LogP contribution in [0.4, 0.5) is 5.69 Å². The molecule has 0 saturated carbocycles. The second kappa shape index (κ2) is 4.20. The lowest BCUT2D eigenvalue weighted by Crippen LogP contribution is -2.14. The first-order valence-corrected chi connectivity index (χ1v) is 6.02. The third-order valence-electron chi connectivity index (χ3n) is 2.13. The SMILES string of the molecule is Nc1cccc(Br)c1Cn1ccsc1=O. The fraction of sp³-hybridized carbons (Fsp3) is 0.100. The molecule has 2 N–H and O–H groups in total. The van der Waals surface area contributed by atoms with Gasteiger partial charge in [0.2, 0.25) is 0 Å². The Morgan fingerprint density at radius 1 is 1.47 bits per heavy atom. The molecule has 2 aromatic rings. The molecule has 78 valence electrons. The number of rotatable bonds is 2. The highest BCUT2D eigenvalue weighted by Crippen LogP contribution is 2.23. The first-order chi connectivity index (χ1) is 7.18. The molecule has 0 unspecified atom stereocenters. The van der Waals surface area contributed by atoms with Crippen LogP contribution in [-0.4, -0.2) is 4.57 Å². The minimum Gasteiger partial charge on any atom is -0.398 e. The Hall–Kier alpha value is -1.07. The van der Waals surface area contributed by atoms with Crippen molar-refractivity contribution in [3.63, 3.8) is 0 Å². The second-order valence-corrected chi connectivity index (χ2v) is 4.82. The van der Waals surface area contributed by atoms with Gasteiger partial charge in [0.15, 0.2) is 0 Å². The number of benzene rings is 1. The minimum absolute atomic E-state index is 0.0325. The van der Waals surface area contributed by atoms with E-state index in [-0.39, 0.29) is 4.87 Å². The van der Waals surface area contributed by atoms with E-state index in [1.807, 2.05) is 18.2 Å². The lowest BCUT2D eigenvalue weighted by atomic mass is 10.2. The number of nitrogens with zero attached hydrogens (tertiary/aromatic N) is 1. The van der Waals surface area contributed by atoms with E-state index in [9.17, 15) is 4.79 Å². The third kappa shape index (κ3) is 2.13. The summed E-state index contributed by atoms with van der Waals surface area (Å²) in [6, 6.07) is 5.62. The maximum absolute atomic E-state index is 11.4. The number of nitrogens with two attached hydrogens (primary N) is 1. The molecular formula is C10H9BrN2OS. The Morgan fingerprint density at radius 2 is 2.27 bits per heavy atom. The molecule has 0 saturated heterocycles. The molecule has 0 radical (unpaired) electrons. The van der Waals surface area contributed by atoms with Crippen molar-refractivity contribution in [1.29, 1.82) is 0 Å². The largest absolute Gasteiger partial charge is 0.398 e. The molecule has 0 aliphatic heterocycles. The number of thiazole rings is 1. The zero-order chi connectivity index (χ0) is 10.8. The summed E-state index contributed by atoms with van der Waals surface area (Å²) in [5, 5.41) is 1.77. The van der Waals surface area contributed by atoms with E-state index >= 15 is 0 Å². The number of aromatic nitrogens is 1. The Kier molecular flexibility index (Phi) is 2.93. The van der Waals surface area contributed by atoms with Gasteiger partial charge in [0.25, 0.3) is 0 Å². The van der Waals surface area contributed by atoms with Crippen LogP contribution in [0.25, 0.3) is 0 Å². The molecular weight excluding hydrogens is 276 g/mol. The van der Waals surface area contributed by atoms with Gasteiger partial charge in [-0.25, -0.2) is 0 Å². The molecule has 0 amide bonds. The van der Waals surface area contributed by atoms with E-state index in [0.717, 1.165) is 10.0 Å². The summed E-state index contributed by atoms with van der Waals surface area (Å²) in [6.07, 6.45) is 1.77. The monoisotopic (exact) mass is 284 g/mol. The molecule has 3 nitrogen and oxygen atoms in total. The summed E-state index contributed by atoms with van der Waals surface area (Å²) in [5.41, 5.74) is 7.49. The van der Waals surface area contributed by atoms with E-state index < -0.39 is 0 Å². The van der Waals surface area contributed by atoms with Crippen LogP contribution in [0.3, 0.4) is 0 Å². The standard InChI is InChI=1S/C10H9BrN2OS/c11-8-2-1-3-9(12)7(8)6-13-4-5-15-10(13)14/h1-5H,6,12H2. The molecule has 1 aromatic heterocycles. The molecule has 15 heavy (non-hydrogen) atoms. The summed E-state index contributed by atoms with van der Waals surface area (Å²) in [7, 11) is 0. The molecule has 0 fully saturated rings. The first kappa shape index (κ1) is 10.4. The van der Waals surface area contributed by atoms with Crippen LogP contribution in [0.5, 0.6) is 0 Å². The zero-order valence-electron chi connectivity index (χ0n) is 7.81. The van der Waals surface area contributed by atoms with Crippen LogP contribution in [0, 0.1) is 0 Å². The van der Waals surface area contributed by atoms with Crippen molar-refractivity contribution in [2.75, 3.05) is 5.73 Å². The lowest BCUT2D eigenvalue weighted by Gasteiger charge is -2.07. The molecule has 1 aromatic carbocycles. The summed E-state index contributed by atoms with van der Waals surface area (Å²) in [4.78, 5) is 11.4. The Morgan fingerprint density at radius 3 is 2.87 bits per heavy atom. The van der Waals surface area contributed by atoms with Crippen LogP contribution >= 0.6 is 27.3 Å². The molecule has 1 heterocycles. The van der Waals surface area contributed by atoms with Crippen LogP contribution in [-0.2, 0) is 6.54 Å². The molecule has 2 rings (SSSR count). The van der Waals surface area contributed by atoms with Crippen molar-refractivity contribution in [1.82, 2.24) is 4.57 Å². The number of nitrogen functional groups attached to an aromatic ring is 1. The lowest BCUT2D eigenvalue weighted by molar-refractivity contribution is 0.783. The number of hydrogen-bond acceptors (Lipinski definition) is 3. The van der Waals surface area contributed by atoms with Gasteiger partial charge in [-0.2, -0.15) is 0 Å². The highest BCUT2D eigenvalue weighted by Gasteiger charge is 2.06. The summed E-state index contributed by atoms with van der Waals surface area (Å²) < 4.78 is 2.57. The second-order valence-electron chi connectivity index (χ2n) is 3.10. The van der Waals surface area contributed by atoms with Crippen molar-refractivity contribution in [2.24, 2.45) is 0 Å². The Balaban J connectivity index is 2.40. The minimum atomic E-state index is 0.0325. The van der Waals surface area contributed by atoms with Gasteiger partial charge in [-0.3, -0.25) is 4.79 Å². The molecule has 5 heteroatoms. The van der Waals surface area contributed by atoms with E-state index in [4.69, 9.17) is 5.73 Å². The van der Waals surface area contributed by atoms with E-state index in [0.29, 0.717) is 12.2 Å². The first-order valence-electron chi connectivity index (χ1n) is 4.35. The van der Waals surface area contributed by atoms with Gasteiger partial charge in [-0.1, -0.05) is 33.3 Å². The molecule has 0 atom stereocenters. The fourth-order valence-electron chi connectivity index (χ4n) is 1.32. The van der Waals surface area contributed by atoms with Gasteiger partial charge in [-0.15, -0.1) is 0 Å². The van der Waals surface area contributed by atoms with Gasteiger partial charge in [0, 0.05) is 27.3 Å². The maximum atomic E-state index is 11.4. The summed E-state index contributed by atoms with van der Waals surface area (Å²) >= 11 is 4.61. The van der Waals surface area contributed by atoms with Crippen LogP contribution < -0.4 is 10.6 Å². The number of halogens is 1. The van der Waals surface area contributed by atoms with E-state index in [2.05, 4.69) is 15.9 Å². The Labute approximate surface area is 99.3 Å².